The van der Waals surface area contributed by atoms with E-state index in [9.17, 15) is 0 Å². The number of ether oxygens (including phenoxy) is 1. The predicted molar refractivity (Wildman–Crippen MR) is 180 cm³/mol. The van der Waals surface area contributed by atoms with Crippen LogP contribution in [-0.4, -0.2) is 37.6 Å². The minimum Gasteiger partial charge on any atom is -1.00 e. The zero-order chi connectivity index (χ0) is 28.3. The van der Waals surface area contributed by atoms with Gasteiger partial charge in [0.05, 0.1) is 23.1 Å². The van der Waals surface area contributed by atoms with Crippen molar-refractivity contribution in [2.45, 2.75) is 190 Å². The SMILES string of the molecule is C=CC(O/C(=C/C[P+](C1CCCCC1)(C1CCCCC1)C1CCCCC1)O[Si](CC)(CC)CC)C1CCCCC1.[Cl-]. The Kier molecular flexibility index (Phi) is 15.7. The molecule has 1 atom stereocenters. The fourth-order valence-corrected chi connectivity index (χ4v) is 19.1. The van der Waals surface area contributed by atoms with Crippen LogP contribution in [0.15, 0.2) is 24.7 Å². The van der Waals surface area contributed by atoms with E-state index in [-0.39, 0.29) is 18.5 Å². The van der Waals surface area contributed by atoms with Crippen molar-refractivity contribution < 1.29 is 21.6 Å². The van der Waals surface area contributed by atoms with Crippen molar-refractivity contribution in [2.24, 2.45) is 5.92 Å². The molecule has 4 fully saturated rings. The van der Waals surface area contributed by atoms with E-state index in [4.69, 9.17) is 9.16 Å². The van der Waals surface area contributed by atoms with Gasteiger partial charge in [-0.1, -0.05) is 72.0 Å². The Labute approximate surface area is 263 Å². The predicted octanol–water partition coefficient (Wildman–Crippen LogP) is 9.02. The molecule has 41 heavy (non-hydrogen) atoms. The highest BCUT2D eigenvalue weighted by Crippen LogP contribution is 2.77. The summed E-state index contributed by atoms with van der Waals surface area (Å²) in [6.45, 7) is 11.4. The second-order valence-corrected chi connectivity index (χ2v) is 23.4. The van der Waals surface area contributed by atoms with Gasteiger partial charge in [0.2, 0.25) is 0 Å². The van der Waals surface area contributed by atoms with Crippen LogP contribution in [0.4, 0.5) is 0 Å². The van der Waals surface area contributed by atoms with Gasteiger partial charge in [-0.2, -0.15) is 0 Å². The first kappa shape index (κ1) is 35.5. The van der Waals surface area contributed by atoms with Crippen LogP contribution in [0.2, 0.25) is 18.1 Å². The largest absolute Gasteiger partial charge is 1.00 e. The molecule has 0 spiro atoms. The summed E-state index contributed by atoms with van der Waals surface area (Å²) in [5.74, 6) is 1.55. The van der Waals surface area contributed by atoms with E-state index in [2.05, 4.69) is 39.5 Å². The topological polar surface area (TPSA) is 18.5 Å². The van der Waals surface area contributed by atoms with Crippen molar-refractivity contribution >= 4 is 15.6 Å². The van der Waals surface area contributed by atoms with Gasteiger partial charge in [0.1, 0.15) is 6.10 Å². The molecular formula is C36H66ClO2PSi. The van der Waals surface area contributed by atoms with Gasteiger partial charge in [0, 0.05) is 13.3 Å². The lowest BCUT2D eigenvalue weighted by molar-refractivity contribution is -0.0000225. The molecule has 0 heterocycles. The molecule has 0 radical (unpaired) electrons. The summed E-state index contributed by atoms with van der Waals surface area (Å²) in [5.41, 5.74) is 3.01. The molecule has 4 saturated carbocycles. The molecule has 0 aromatic heterocycles. The Morgan fingerprint density at radius 3 is 1.44 bits per heavy atom. The highest BCUT2D eigenvalue weighted by molar-refractivity contribution is 7.78. The number of allylic oxidation sites excluding steroid dienone is 1. The Morgan fingerprint density at radius 1 is 0.683 bits per heavy atom. The van der Waals surface area contributed by atoms with Gasteiger partial charge >= 0.3 is 0 Å². The molecule has 0 aromatic carbocycles. The van der Waals surface area contributed by atoms with E-state index in [1.54, 1.807) is 0 Å². The highest BCUT2D eigenvalue weighted by atomic mass is 35.5. The quantitative estimate of drug-likeness (QED) is 0.0831. The zero-order valence-corrected chi connectivity index (χ0v) is 30.0. The summed E-state index contributed by atoms with van der Waals surface area (Å²) in [5, 5.41) is 0. The molecule has 1 unspecified atom stereocenters. The lowest BCUT2D eigenvalue weighted by atomic mass is 9.85. The Morgan fingerprint density at radius 2 is 1.07 bits per heavy atom. The summed E-state index contributed by atoms with van der Waals surface area (Å²) >= 11 is 0. The molecule has 0 N–H and O–H groups in total. The maximum Gasteiger partial charge on any atom is 0.265 e. The summed E-state index contributed by atoms with van der Waals surface area (Å²) in [6, 6.07) is 3.53. The summed E-state index contributed by atoms with van der Waals surface area (Å²) in [7, 11) is -3.04. The molecule has 4 aliphatic rings. The van der Waals surface area contributed by atoms with Gasteiger partial charge in [0.15, 0.2) is 0 Å². The van der Waals surface area contributed by atoms with Crippen LogP contribution in [0.3, 0.4) is 0 Å². The number of hydrogen-bond donors (Lipinski definition) is 0. The molecular weight excluding hydrogens is 559 g/mol. The number of hydrogen-bond acceptors (Lipinski definition) is 2. The monoisotopic (exact) mass is 624 g/mol. The molecule has 4 aliphatic carbocycles. The Bertz CT molecular complexity index is 706. The van der Waals surface area contributed by atoms with Gasteiger partial charge in [-0.05, 0) is 114 Å². The van der Waals surface area contributed by atoms with Crippen LogP contribution in [0.25, 0.3) is 0 Å². The van der Waals surface area contributed by atoms with Crippen molar-refractivity contribution in [2.75, 3.05) is 6.16 Å². The summed E-state index contributed by atoms with van der Waals surface area (Å²) in [6.07, 6.45) is 35.1. The lowest BCUT2D eigenvalue weighted by Gasteiger charge is -2.48. The van der Waals surface area contributed by atoms with Gasteiger partial charge < -0.3 is 21.6 Å². The molecule has 4 rings (SSSR count). The van der Waals surface area contributed by atoms with Crippen LogP contribution in [0.1, 0.15) is 149 Å². The van der Waals surface area contributed by atoms with Gasteiger partial charge in [0.25, 0.3) is 14.3 Å². The standard InChI is InChI=1S/C36H66O2PSi.ClH/c1-5-35(31-21-13-9-14-22-31)37-36(38-40(6-2,7-3)8-4)29-30-39(32-23-15-10-16-24-32,33-25-17-11-18-26-33)34-27-19-12-20-28-34;/h5,29,31-35H,1,6-28,30H2,2-4H3;1H/q+1;/p-1/b36-29-;. The molecule has 5 heteroatoms. The third kappa shape index (κ3) is 9.03. The van der Waals surface area contributed by atoms with Crippen molar-refractivity contribution in [3.05, 3.63) is 24.7 Å². The fraction of sp³-hybridized carbons (Fsp3) is 0.889. The van der Waals surface area contributed by atoms with E-state index in [1.807, 2.05) is 0 Å². The van der Waals surface area contributed by atoms with Crippen molar-refractivity contribution in [3.8, 4) is 0 Å². The van der Waals surface area contributed by atoms with Crippen LogP contribution < -0.4 is 12.4 Å². The molecule has 0 saturated heterocycles. The lowest BCUT2D eigenvalue weighted by Crippen LogP contribution is -3.00. The van der Waals surface area contributed by atoms with Gasteiger partial charge in [-0.15, -0.1) is 0 Å². The van der Waals surface area contributed by atoms with E-state index < -0.39 is 15.6 Å². The zero-order valence-electron chi connectivity index (χ0n) is 27.4. The Balaban J connectivity index is 0.00000462. The van der Waals surface area contributed by atoms with E-state index in [0.29, 0.717) is 5.92 Å². The molecule has 0 bridgehead atoms. The summed E-state index contributed by atoms with van der Waals surface area (Å²) in [4.78, 5) is 0. The van der Waals surface area contributed by atoms with Gasteiger partial charge in [-0.3, -0.25) is 0 Å². The van der Waals surface area contributed by atoms with Crippen molar-refractivity contribution in [1.82, 2.24) is 0 Å². The summed E-state index contributed by atoms with van der Waals surface area (Å²) < 4.78 is 14.2. The van der Waals surface area contributed by atoms with Crippen molar-refractivity contribution in [3.63, 3.8) is 0 Å². The van der Waals surface area contributed by atoms with Crippen molar-refractivity contribution in [1.29, 1.82) is 0 Å². The molecule has 238 valence electrons. The first-order chi connectivity index (χ1) is 19.6. The molecule has 2 nitrogen and oxygen atoms in total. The average molecular weight is 625 g/mol. The first-order valence-corrected chi connectivity index (χ1v) is 22.9. The average Bonchev–Trinajstić information content (AvgIpc) is 3.04. The Hall–Kier alpha value is 0.0169. The third-order valence-electron chi connectivity index (χ3n) is 12.2. The second kappa shape index (κ2) is 18.1. The van der Waals surface area contributed by atoms with E-state index in [0.717, 1.165) is 22.9 Å². The van der Waals surface area contributed by atoms with Crippen LogP contribution in [-0.2, 0) is 9.16 Å². The van der Waals surface area contributed by atoms with Crippen LogP contribution in [0.5, 0.6) is 0 Å². The van der Waals surface area contributed by atoms with Gasteiger partial charge in [-0.25, -0.2) is 0 Å². The van der Waals surface area contributed by atoms with Crippen LogP contribution >= 0.6 is 7.26 Å². The molecule has 0 aliphatic heterocycles. The fourth-order valence-electron chi connectivity index (χ4n) is 9.49. The van der Waals surface area contributed by atoms with E-state index in [1.165, 1.54) is 153 Å². The first-order valence-electron chi connectivity index (χ1n) is 18.2. The van der Waals surface area contributed by atoms with E-state index >= 15 is 0 Å². The molecule has 0 aromatic rings. The normalized spacial score (nSPS) is 23.9. The minimum absolute atomic E-state index is 0. The maximum absolute atomic E-state index is 7.21. The third-order valence-corrected chi connectivity index (χ3v) is 23.1. The number of halogens is 1. The minimum atomic E-state index is -1.84. The highest BCUT2D eigenvalue weighted by Gasteiger charge is 2.56. The number of rotatable bonds is 14. The maximum atomic E-state index is 7.21. The van der Waals surface area contributed by atoms with Crippen LogP contribution in [0, 0.1) is 5.92 Å². The molecule has 0 amide bonds. The smallest absolute Gasteiger partial charge is 0.265 e. The second-order valence-electron chi connectivity index (χ2n) is 14.1.